The lowest BCUT2D eigenvalue weighted by Crippen LogP contribution is -2.60. The highest BCUT2D eigenvalue weighted by molar-refractivity contribution is 5.76. The van der Waals surface area contributed by atoms with Crippen LogP contribution in [0.4, 0.5) is 0 Å². The Labute approximate surface area is 405 Å². The number of rotatable bonds is 47. The summed E-state index contributed by atoms with van der Waals surface area (Å²) >= 11 is 0. The van der Waals surface area contributed by atoms with Gasteiger partial charge in [0.2, 0.25) is 5.91 Å². The molecule has 0 saturated carbocycles. The molecule has 1 saturated heterocycles. The summed E-state index contributed by atoms with van der Waals surface area (Å²) in [6, 6.07) is -0.831. The Morgan fingerprint density at radius 2 is 0.864 bits per heavy atom. The van der Waals surface area contributed by atoms with Gasteiger partial charge >= 0.3 is 0 Å². The number of carbonyl (C=O) groups is 1. The van der Waals surface area contributed by atoms with Crippen molar-refractivity contribution in [1.29, 1.82) is 0 Å². The Hall–Kier alpha value is -1.85. The van der Waals surface area contributed by atoms with E-state index in [1.54, 1.807) is 6.08 Å². The molecule has 0 aromatic rings. The molecule has 9 heteroatoms. The molecule has 0 spiro atoms. The van der Waals surface area contributed by atoms with Crippen molar-refractivity contribution < 1.29 is 39.8 Å². The second-order valence-corrected chi connectivity index (χ2v) is 19.4. The highest BCUT2D eigenvalue weighted by atomic mass is 16.7. The van der Waals surface area contributed by atoms with Crippen LogP contribution in [-0.4, -0.2) is 87.5 Å². The number of aliphatic hydroxyl groups is 5. The standard InChI is InChI=1S/C57H105NO8/c1-3-5-7-9-11-13-15-17-19-21-23-25-26-27-29-31-33-35-37-39-41-43-45-47-53(61)58-50(49-65-57-56(64)55(63)54(62)52(48-59)66-57)51(60)46-44-42-40-38-36-34-32-30-28-24-22-20-18-16-14-12-10-8-6-4-2/h27-30,36,38,44,46,50-52,54-57,59-60,62-64H,3-26,31-35,37,39-43,45,47-49H2,1-2H3,(H,58,61)/b29-27-,30-28+,38-36+,46-44+. The van der Waals surface area contributed by atoms with Crippen LogP contribution in [0.15, 0.2) is 48.6 Å². The maximum Gasteiger partial charge on any atom is 0.220 e. The SMILES string of the molecule is CCCCCCCCCCCC/C=C/CC/C=C/CC/C=C/C(O)C(COC1OC(CO)C(O)C(O)C1O)NC(=O)CCCCCCCCC/C=C\CCCCCCCCCCCCCC. The normalized spacial score (nSPS) is 20.1. The Balaban J connectivity index is 2.29. The van der Waals surface area contributed by atoms with Gasteiger partial charge in [-0.1, -0.05) is 223 Å². The Morgan fingerprint density at radius 1 is 0.500 bits per heavy atom. The van der Waals surface area contributed by atoms with Crippen LogP contribution in [-0.2, 0) is 14.3 Å². The molecule has 1 rings (SSSR count). The topological polar surface area (TPSA) is 149 Å². The van der Waals surface area contributed by atoms with Gasteiger partial charge in [0.25, 0.3) is 0 Å². The number of hydrogen-bond donors (Lipinski definition) is 6. The first-order valence-corrected chi connectivity index (χ1v) is 27.9. The summed E-state index contributed by atoms with van der Waals surface area (Å²) in [5.74, 6) is -0.194. The zero-order valence-electron chi connectivity index (χ0n) is 42.7. The summed E-state index contributed by atoms with van der Waals surface area (Å²) in [7, 11) is 0. The van der Waals surface area contributed by atoms with Crippen molar-refractivity contribution in [3.63, 3.8) is 0 Å². The molecule has 0 aliphatic carbocycles. The molecule has 6 N–H and O–H groups in total. The highest BCUT2D eigenvalue weighted by Crippen LogP contribution is 2.23. The minimum absolute atomic E-state index is 0.194. The van der Waals surface area contributed by atoms with Crippen LogP contribution in [0.1, 0.15) is 251 Å². The van der Waals surface area contributed by atoms with Crippen LogP contribution in [0.2, 0.25) is 0 Å². The first-order chi connectivity index (χ1) is 32.3. The van der Waals surface area contributed by atoms with Gasteiger partial charge in [0.15, 0.2) is 6.29 Å². The van der Waals surface area contributed by atoms with E-state index in [4.69, 9.17) is 9.47 Å². The average molecular weight is 932 g/mol. The fourth-order valence-corrected chi connectivity index (χ4v) is 8.65. The molecule has 1 amide bonds. The number of nitrogens with one attached hydrogen (secondary N) is 1. The molecular formula is C57H105NO8. The smallest absolute Gasteiger partial charge is 0.220 e. The third-order valence-electron chi connectivity index (χ3n) is 13.1. The van der Waals surface area contributed by atoms with Gasteiger partial charge in [-0.2, -0.15) is 0 Å². The minimum Gasteiger partial charge on any atom is -0.394 e. The first-order valence-electron chi connectivity index (χ1n) is 27.9. The lowest BCUT2D eigenvalue weighted by molar-refractivity contribution is -0.302. The number of ether oxygens (including phenoxy) is 2. The lowest BCUT2D eigenvalue weighted by atomic mass is 9.99. The summed E-state index contributed by atoms with van der Waals surface area (Å²) in [4.78, 5) is 13.0. The van der Waals surface area contributed by atoms with E-state index in [1.165, 1.54) is 173 Å². The highest BCUT2D eigenvalue weighted by Gasteiger charge is 2.44. The lowest BCUT2D eigenvalue weighted by Gasteiger charge is -2.40. The summed E-state index contributed by atoms with van der Waals surface area (Å²) < 4.78 is 11.2. The molecule has 1 aliphatic rings. The molecule has 386 valence electrons. The molecule has 7 atom stereocenters. The number of aliphatic hydroxyl groups excluding tert-OH is 5. The second-order valence-electron chi connectivity index (χ2n) is 19.4. The predicted octanol–water partition coefficient (Wildman–Crippen LogP) is 13.3. The van der Waals surface area contributed by atoms with Crippen molar-refractivity contribution >= 4 is 5.91 Å². The minimum atomic E-state index is -1.58. The molecule has 1 fully saturated rings. The van der Waals surface area contributed by atoms with E-state index in [0.717, 1.165) is 57.8 Å². The Morgan fingerprint density at radius 3 is 1.27 bits per heavy atom. The van der Waals surface area contributed by atoms with Crippen molar-refractivity contribution in [2.75, 3.05) is 13.2 Å². The van der Waals surface area contributed by atoms with E-state index in [0.29, 0.717) is 6.42 Å². The molecule has 1 aliphatic heterocycles. The van der Waals surface area contributed by atoms with Crippen LogP contribution < -0.4 is 5.32 Å². The average Bonchev–Trinajstić information content (AvgIpc) is 3.32. The quantitative estimate of drug-likeness (QED) is 0.0261. The first kappa shape index (κ1) is 62.2. The molecular weight excluding hydrogens is 827 g/mol. The number of amides is 1. The maximum absolute atomic E-state index is 13.0. The molecule has 1 heterocycles. The van der Waals surface area contributed by atoms with Gasteiger partial charge in [0, 0.05) is 6.42 Å². The van der Waals surface area contributed by atoms with E-state index in [1.807, 2.05) is 6.08 Å². The number of allylic oxidation sites excluding steroid dienone is 7. The van der Waals surface area contributed by atoms with E-state index in [2.05, 4.69) is 55.6 Å². The van der Waals surface area contributed by atoms with Crippen LogP contribution in [0.5, 0.6) is 0 Å². The molecule has 0 radical (unpaired) electrons. The van der Waals surface area contributed by atoms with Gasteiger partial charge in [0.05, 0.1) is 25.4 Å². The third-order valence-corrected chi connectivity index (χ3v) is 13.1. The van der Waals surface area contributed by atoms with Crippen LogP contribution in [0, 0.1) is 0 Å². The van der Waals surface area contributed by atoms with E-state index in [9.17, 15) is 30.3 Å². The monoisotopic (exact) mass is 932 g/mol. The zero-order valence-corrected chi connectivity index (χ0v) is 42.7. The van der Waals surface area contributed by atoms with E-state index < -0.39 is 49.5 Å². The van der Waals surface area contributed by atoms with Crippen molar-refractivity contribution in [1.82, 2.24) is 5.32 Å². The summed E-state index contributed by atoms with van der Waals surface area (Å²) in [5.41, 5.74) is 0. The van der Waals surface area contributed by atoms with Crippen LogP contribution >= 0.6 is 0 Å². The summed E-state index contributed by atoms with van der Waals surface area (Å²) in [5, 5.41) is 54.4. The molecule has 0 aromatic carbocycles. The summed E-state index contributed by atoms with van der Waals surface area (Å²) in [6.45, 7) is 3.77. The zero-order chi connectivity index (χ0) is 48.0. The van der Waals surface area contributed by atoms with Crippen molar-refractivity contribution in [2.24, 2.45) is 0 Å². The largest absolute Gasteiger partial charge is 0.394 e. The Kier molecular flexibility index (Phi) is 44.1. The van der Waals surface area contributed by atoms with Gasteiger partial charge in [-0.05, 0) is 70.6 Å². The molecule has 7 unspecified atom stereocenters. The van der Waals surface area contributed by atoms with Gasteiger partial charge < -0.3 is 40.3 Å². The predicted molar refractivity (Wildman–Crippen MR) is 276 cm³/mol. The van der Waals surface area contributed by atoms with Crippen LogP contribution in [0.3, 0.4) is 0 Å². The van der Waals surface area contributed by atoms with Gasteiger partial charge in [0.1, 0.15) is 24.4 Å². The van der Waals surface area contributed by atoms with Gasteiger partial charge in [-0.25, -0.2) is 0 Å². The van der Waals surface area contributed by atoms with Gasteiger partial charge in [-0.15, -0.1) is 0 Å². The third kappa shape index (κ3) is 36.2. The van der Waals surface area contributed by atoms with Crippen molar-refractivity contribution in [3.8, 4) is 0 Å². The van der Waals surface area contributed by atoms with Crippen LogP contribution in [0.25, 0.3) is 0 Å². The number of carbonyl (C=O) groups excluding carboxylic acids is 1. The van der Waals surface area contributed by atoms with Crippen molar-refractivity contribution in [2.45, 2.75) is 294 Å². The fraction of sp³-hybridized carbons (Fsp3) is 0.842. The number of hydrogen-bond acceptors (Lipinski definition) is 8. The molecule has 0 aromatic heterocycles. The summed E-state index contributed by atoms with van der Waals surface area (Å²) in [6.07, 6.45) is 54.6. The van der Waals surface area contributed by atoms with E-state index >= 15 is 0 Å². The second kappa shape index (κ2) is 46.9. The maximum atomic E-state index is 13.0. The van der Waals surface area contributed by atoms with Gasteiger partial charge in [-0.3, -0.25) is 4.79 Å². The number of unbranched alkanes of at least 4 members (excludes halogenated alkanes) is 31. The molecule has 66 heavy (non-hydrogen) atoms. The van der Waals surface area contributed by atoms with E-state index in [-0.39, 0.29) is 12.5 Å². The fourth-order valence-electron chi connectivity index (χ4n) is 8.65. The Bertz CT molecular complexity index is 1170. The molecule has 9 nitrogen and oxygen atoms in total. The van der Waals surface area contributed by atoms with Crippen molar-refractivity contribution in [3.05, 3.63) is 48.6 Å². The molecule has 0 bridgehead atoms.